The molecule has 0 radical (unpaired) electrons. The van der Waals surface area contributed by atoms with E-state index in [2.05, 4.69) is 73.8 Å². The fourth-order valence-electron chi connectivity index (χ4n) is 5.69. The van der Waals surface area contributed by atoms with Crippen molar-refractivity contribution in [2.75, 3.05) is 11.9 Å². The molecule has 2 amide bonds. The first-order chi connectivity index (χ1) is 22.8. The predicted molar refractivity (Wildman–Crippen MR) is 200 cm³/mol. The average Bonchev–Trinajstić information content (AvgIpc) is 3.66. The molecule has 0 aliphatic heterocycles. The van der Waals surface area contributed by atoms with Crippen LogP contribution in [-0.2, 0) is 22.7 Å². The quantitative estimate of drug-likeness (QED) is 0.0782. The Labute approximate surface area is 297 Å². The number of pyridine rings is 1. The van der Waals surface area contributed by atoms with Crippen LogP contribution in [0, 0.1) is 3.70 Å². The number of halogens is 1. The molecule has 5 rings (SSSR count). The van der Waals surface area contributed by atoms with Gasteiger partial charge in [-0.25, -0.2) is 14.8 Å². The maximum Gasteiger partial charge on any atom is 0.407 e. The standard InChI is InChI=1S/C35H48IN7O4Si/c1-35(2,3)47-34(45)41-26-11-9-25(10-12-26)40-31-28-19-30(36)43(23-46-17-18-48(4,5)6)32(28)38-21-29(31)33(44)39-20-24-7-13-27(14-8-24)42-16-15-37-22-42/h7-8,13-16,19,21-22,25-26H,9-12,17-18,20,23H2,1-6H3,(H,38,40)(H,39,44)(H,41,45)/t25-,26-. The van der Waals surface area contributed by atoms with E-state index < -0.39 is 13.7 Å². The molecule has 1 aliphatic rings. The van der Waals surface area contributed by atoms with Crippen LogP contribution >= 0.6 is 22.6 Å². The maximum atomic E-state index is 13.8. The minimum absolute atomic E-state index is 0.0497. The summed E-state index contributed by atoms with van der Waals surface area (Å²) in [7, 11) is -1.21. The van der Waals surface area contributed by atoms with Gasteiger partial charge in [0.1, 0.15) is 18.0 Å². The normalized spacial score (nSPS) is 16.9. The van der Waals surface area contributed by atoms with Gasteiger partial charge >= 0.3 is 6.09 Å². The second-order valence-corrected chi connectivity index (χ2v) is 21.4. The Morgan fingerprint density at radius 3 is 2.42 bits per heavy atom. The van der Waals surface area contributed by atoms with E-state index >= 15 is 0 Å². The van der Waals surface area contributed by atoms with Crippen LogP contribution in [0.15, 0.2) is 55.2 Å². The average molecular weight is 786 g/mol. The van der Waals surface area contributed by atoms with Gasteiger partial charge in [-0.05, 0) is 98.9 Å². The largest absolute Gasteiger partial charge is 0.444 e. The number of ether oxygens (including phenoxy) is 2. The van der Waals surface area contributed by atoms with Crippen LogP contribution in [0.2, 0.25) is 25.7 Å². The van der Waals surface area contributed by atoms with E-state index in [0.717, 1.165) is 63.4 Å². The summed E-state index contributed by atoms with van der Waals surface area (Å²) in [6.07, 6.45) is 9.99. The van der Waals surface area contributed by atoms with E-state index in [1.807, 2.05) is 55.8 Å². The highest BCUT2D eigenvalue weighted by Crippen LogP contribution is 2.33. The van der Waals surface area contributed by atoms with Crippen LogP contribution in [0.5, 0.6) is 0 Å². The molecule has 258 valence electrons. The fourth-order valence-corrected chi connectivity index (χ4v) is 7.12. The lowest BCUT2D eigenvalue weighted by molar-refractivity contribution is 0.0491. The fraction of sp³-hybridized carbons (Fsp3) is 0.486. The number of nitrogens with zero attached hydrogens (tertiary/aromatic N) is 4. The topological polar surface area (TPSA) is 124 Å². The van der Waals surface area contributed by atoms with Gasteiger partial charge in [0.05, 0.1) is 21.3 Å². The van der Waals surface area contributed by atoms with Gasteiger partial charge in [-0.15, -0.1) is 0 Å². The number of imidazole rings is 1. The van der Waals surface area contributed by atoms with Gasteiger partial charge in [0.15, 0.2) is 0 Å². The zero-order valence-electron chi connectivity index (χ0n) is 28.8. The first kappa shape index (κ1) is 35.9. The van der Waals surface area contributed by atoms with Gasteiger partial charge in [0.25, 0.3) is 5.91 Å². The highest BCUT2D eigenvalue weighted by atomic mass is 127. The zero-order valence-corrected chi connectivity index (χ0v) is 32.0. The van der Waals surface area contributed by atoms with Crippen LogP contribution in [0.3, 0.4) is 0 Å². The Morgan fingerprint density at radius 1 is 1.06 bits per heavy atom. The van der Waals surface area contributed by atoms with Crippen molar-refractivity contribution < 1.29 is 19.1 Å². The van der Waals surface area contributed by atoms with Crippen molar-refractivity contribution >= 4 is 59.4 Å². The van der Waals surface area contributed by atoms with Crippen molar-refractivity contribution in [1.82, 2.24) is 29.7 Å². The van der Waals surface area contributed by atoms with Crippen molar-refractivity contribution in [3.63, 3.8) is 0 Å². The number of anilines is 1. The maximum absolute atomic E-state index is 13.8. The second kappa shape index (κ2) is 15.4. The van der Waals surface area contributed by atoms with Crippen molar-refractivity contribution in [3.8, 4) is 5.69 Å². The molecule has 1 aliphatic carbocycles. The Bertz CT molecular complexity index is 1690. The number of nitrogens with one attached hydrogen (secondary N) is 3. The van der Waals surface area contributed by atoms with Gasteiger partial charge in [-0.2, -0.15) is 0 Å². The minimum Gasteiger partial charge on any atom is -0.444 e. The molecule has 1 saturated carbocycles. The molecular formula is C35H48IN7O4Si. The highest BCUT2D eigenvalue weighted by Gasteiger charge is 2.27. The number of hydrogen-bond donors (Lipinski definition) is 3. The molecule has 0 atom stereocenters. The molecule has 0 spiro atoms. The summed E-state index contributed by atoms with van der Waals surface area (Å²) >= 11 is 2.32. The molecule has 4 aromatic rings. The van der Waals surface area contributed by atoms with E-state index in [-0.39, 0.29) is 24.1 Å². The summed E-state index contributed by atoms with van der Waals surface area (Å²) in [5.41, 5.74) is 3.51. The molecular weight excluding hydrogens is 737 g/mol. The summed E-state index contributed by atoms with van der Waals surface area (Å²) in [6, 6.07) is 11.4. The lowest BCUT2D eigenvalue weighted by Gasteiger charge is -2.31. The molecule has 3 heterocycles. The van der Waals surface area contributed by atoms with Gasteiger partial charge in [-0.3, -0.25) is 9.36 Å². The third-order valence-corrected chi connectivity index (χ3v) is 10.9. The van der Waals surface area contributed by atoms with Gasteiger partial charge in [0.2, 0.25) is 0 Å². The number of fused-ring (bicyclic) bond motifs is 1. The summed E-state index contributed by atoms with van der Waals surface area (Å²) in [5, 5.41) is 10.7. The second-order valence-electron chi connectivity index (χ2n) is 14.7. The lowest BCUT2D eigenvalue weighted by atomic mass is 9.91. The molecule has 1 aromatic carbocycles. The number of hydrogen-bond acceptors (Lipinski definition) is 7. The number of amides is 2. The van der Waals surface area contributed by atoms with Crippen LogP contribution in [-0.4, -0.2) is 63.5 Å². The van der Waals surface area contributed by atoms with Gasteiger partial charge in [0, 0.05) is 63.0 Å². The third-order valence-electron chi connectivity index (χ3n) is 8.32. The Morgan fingerprint density at radius 2 is 1.77 bits per heavy atom. The number of carbonyl (C=O) groups is 2. The van der Waals surface area contributed by atoms with Crippen molar-refractivity contribution in [2.24, 2.45) is 0 Å². The summed E-state index contributed by atoms with van der Waals surface area (Å²) in [5.74, 6) is -0.194. The number of benzene rings is 1. The molecule has 13 heteroatoms. The monoisotopic (exact) mass is 785 g/mol. The number of alkyl carbamates (subject to hydrolysis) is 1. The molecule has 1 fully saturated rings. The Kier molecular flexibility index (Phi) is 11.5. The molecule has 11 nitrogen and oxygen atoms in total. The number of aromatic nitrogens is 4. The summed E-state index contributed by atoms with van der Waals surface area (Å²) in [4.78, 5) is 35.0. The van der Waals surface area contributed by atoms with Gasteiger partial charge < -0.3 is 30.0 Å². The van der Waals surface area contributed by atoms with E-state index in [1.165, 1.54) is 0 Å². The summed E-state index contributed by atoms with van der Waals surface area (Å²) in [6.45, 7) is 14.1. The van der Waals surface area contributed by atoms with E-state index in [0.29, 0.717) is 25.4 Å². The van der Waals surface area contributed by atoms with Crippen LogP contribution in [0.25, 0.3) is 16.7 Å². The van der Waals surface area contributed by atoms with Gasteiger partial charge in [-0.1, -0.05) is 31.8 Å². The number of carbonyl (C=O) groups excluding carboxylic acids is 2. The van der Waals surface area contributed by atoms with E-state index in [1.54, 1.807) is 18.7 Å². The summed E-state index contributed by atoms with van der Waals surface area (Å²) < 4.78 is 16.6. The Balaban J connectivity index is 1.32. The smallest absolute Gasteiger partial charge is 0.407 e. The van der Waals surface area contributed by atoms with Crippen LogP contribution < -0.4 is 16.0 Å². The first-order valence-corrected chi connectivity index (χ1v) is 21.4. The molecule has 48 heavy (non-hydrogen) atoms. The van der Waals surface area contributed by atoms with E-state index in [4.69, 9.17) is 14.5 Å². The SMILES string of the molecule is CC(C)(C)OC(=O)N[C@H]1CC[C@H](Nc2c(C(=O)NCc3ccc(-n4ccnc4)cc3)cnc3c2cc(I)n3COCC[Si](C)(C)C)CC1. The van der Waals surface area contributed by atoms with Crippen LogP contribution in [0.4, 0.5) is 10.5 Å². The lowest BCUT2D eigenvalue weighted by Crippen LogP contribution is -2.42. The van der Waals surface area contributed by atoms with E-state index in [9.17, 15) is 9.59 Å². The van der Waals surface area contributed by atoms with Crippen LogP contribution in [0.1, 0.15) is 62.4 Å². The molecule has 3 aromatic heterocycles. The molecule has 3 N–H and O–H groups in total. The third kappa shape index (κ3) is 9.81. The molecule has 0 saturated heterocycles. The molecule has 0 unspecified atom stereocenters. The highest BCUT2D eigenvalue weighted by molar-refractivity contribution is 14.1. The predicted octanol–water partition coefficient (Wildman–Crippen LogP) is 7.32. The minimum atomic E-state index is -1.21. The van der Waals surface area contributed by atoms with Crippen molar-refractivity contribution in [2.45, 2.75) is 103 Å². The molecule has 0 bridgehead atoms. The van der Waals surface area contributed by atoms with Crippen molar-refractivity contribution in [3.05, 3.63) is 70.1 Å². The van der Waals surface area contributed by atoms with Crippen molar-refractivity contribution in [1.29, 1.82) is 0 Å². The Hall–Kier alpha value is -3.43. The number of rotatable bonds is 12. The zero-order chi connectivity index (χ0) is 34.5. The first-order valence-electron chi connectivity index (χ1n) is 16.6.